The number of ketones is 1. The monoisotopic (exact) mass is 264 g/mol. The molecule has 19 heavy (non-hydrogen) atoms. The van der Waals surface area contributed by atoms with Crippen LogP contribution in [-0.4, -0.2) is 29.1 Å². The predicted molar refractivity (Wildman–Crippen MR) is 68.1 cm³/mol. The van der Waals surface area contributed by atoms with Crippen LogP contribution in [0.4, 0.5) is 0 Å². The minimum atomic E-state index is -0.591. The molecule has 104 valence electrons. The molecule has 3 fully saturated rings. The van der Waals surface area contributed by atoms with Crippen molar-refractivity contribution < 1.29 is 19.4 Å². The van der Waals surface area contributed by atoms with Crippen molar-refractivity contribution in [2.45, 2.75) is 38.9 Å². The van der Waals surface area contributed by atoms with Crippen molar-refractivity contribution in [3.8, 4) is 0 Å². The van der Waals surface area contributed by atoms with E-state index in [9.17, 15) is 14.7 Å². The number of hydrogen-bond acceptors (Lipinski definition) is 4. The van der Waals surface area contributed by atoms with Gasteiger partial charge in [-0.1, -0.05) is 26.0 Å². The molecule has 4 heteroatoms. The molecule has 0 bridgehead atoms. The van der Waals surface area contributed by atoms with Gasteiger partial charge in [0.05, 0.1) is 12.0 Å². The molecule has 0 aromatic carbocycles. The number of rotatable bonds is 0. The topological polar surface area (TPSA) is 63.6 Å². The minimum absolute atomic E-state index is 0.00366. The average Bonchev–Trinajstić information content (AvgIpc) is 2.75. The molecule has 1 N–H and O–H groups in total. The van der Waals surface area contributed by atoms with Crippen molar-refractivity contribution in [1.82, 2.24) is 0 Å². The summed E-state index contributed by atoms with van der Waals surface area (Å²) < 4.78 is 5.52. The van der Waals surface area contributed by atoms with Crippen LogP contribution in [0.3, 0.4) is 0 Å². The lowest BCUT2D eigenvalue weighted by Crippen LogP contribution is -2.37. The highest BCUT2D eigenvalue weighted by Crippen LogP contribution is 2.51. The highest BCUT2D eigenvalue weighted by Gasteiger charge is 2.57. The van der Waals surface area contributed by atoms with Crippen LogP contribution in [0.5, 0.6) is 0 Å². The van der Waals surface area contributed by atoms with Crippen LogP contribution in [0.1, 0.15) is 26.7 Å². The second-order valence-corrected chi connectivity index (χ2v) is 6.34. The summed E-state index contributed by atoms with van der Waals surface area (Å²) in [6, 6.07) is 0. The lowest BCUT2D eigenvalue weighted by Gasteiger charge is -2.29. The number of Topliss-reactive ketones (excluding diaryl/α,β-unsaturated/α-hetero) is 1. The van der Waals surface area contributed by atoms with Gasteiger partial charge < -0.3 is 9.84 Å². The van der Waals surface area contributed by atoms with Crippen molar-refractivity contribution in [2.75, 3.05) is 0 Å². The first-order chi connectivity index (χ1) is 8.91. The summed E-state index contributed by atoms with van der Waals surface area (Å²) in [5.74, 6) is -0.574. The molecule has 0 spiro atoms. The van der Waals surface area contributed by atoms with E-state index in [0.29, 0.717) is 12.8 Å². The van der Waals surface area contributed by atoms with E-state index in [1.807, 2.05) is 6.92 Å². The maximum atomic E-state index is 12.0. The van der Waals surface area contributed by atoms with Crippen molar-refractivity contribution >= 4 is 11.8 Å². The van der Waals surface area contributed by atoms with Gasteiger partial charge in [-0.05, 0) is 12.3 Å². The van der Waals surface area contributed by atoms with Gasteiger partial charge in [0, 0.05) is 24.2 Å². The van der Waals surface area contributed by atoms with Gasteiger partial charge in [-0.15, -0.1) is 0 Å². The third-order valence-corrected chi connectivity index (χ3v) is 5.37. The number of fused-ring (bicyclic) bond motifs is 3. The fraction of sp³-hybridized carbons (Fsp3) is 0.733. The van der Waals surface area contributed by atoms with E-state index < -0.39 is 6.10 Å². The molecule has 3 rings (SSSR count). The first-order valence-corrected chi connectivity index (χ1v) is 7.00. The van der Waals surface area contributed by atoms with Crippen LogP contribution in [0.15, 0.2) is 12.2 Å². The lowest BCUT2D eigenvalue weighted by molar-refractivity contribution is -0.147. The minimum Gasteiger partial charge on any atom is -0.461 e. The van der Waals surface area contributed by atoms with E-state index in [1.165, 1.54) is 0 Å². The van der Waals surface area contributed by atoms with Gasteiger partial charge in [-0.3, -0.25) is 9.59 Å². The summed E-state index contributed by atoms with van der Waals surface area (Å²) in [6.07, 6.45) is 0.0330. The Morgan fingerprint density at radius 2 is 1.84 bits per heavy atom. The Morgan fingerprint density at radius 1 is 1.16 bits per heavy atom. The normalized spacial score (nSPS) is 49.6. The molecule has 2 saturated carbocycles. The largest absolute Gasteiger partial charge is 0.461 e. The molecule has 0 radical (unpaired) electrons. The zero-order valence-corrected chi connectivity index (χ0v) is 11.3. The van der Waals surface area contributed by atoms with E-state index in [1.54, 1.807) is 6.92 Å². The zero-order chi connectivity index (χ0) is 13.9. The first-order valence-electron chi connectivity index (χ1n) is 7.00. The van der Waals surface area contributed by atoms with E-state index in [-0.39, 0.29) is 47.4 Å². The molecular weight excluding hydrogens is 244 g/mol. The number of carbonyl (C=O) groups excluding carboxylic acids is 2. The van der Waals surface area contributed by atoms with Gasteiger partial charge in [0.2, 0.25) is 0 Å². The van der Waals surface area contributed by atoms with Gasteiger partial charge in [0.25, 0.3) is 0 Å². The van der Waals surface area contributed by atoms with Gasteiger partial charge >= 0.3 is 5.97 Å². The Hall–Kier alpha value is -1.16. The number of hydrogen-bond donors (Lipinski definition) is 1. The number of esters is 1. The zero-order valence-electron chi connectivity index (χ0n) is 11.3. The lowest BCUT2D eigenvalue weighted by atomic mass is 9.77. The van der Waals surface area contributed by atoms with Crippen molar-refractivity contribution in [3.05, 3.63) is 12.2 Å². The molecule has 0 amide bonds. The quantitative estimate of drug-likeness (QED) is 0.529. The van der Waals surface area contributed by atoms with Gasteiger partial charge in [0.1, 0.15) is 11.9 Å². The van der Waals surface area contributed by atoms with Crippen LogP contribution in [0.25, 0.3) is 0 Å². The molecular formula is C15H20O4. The molecule has 7 atom stereocenters. The Morgan fingerprint density at radius 3 is 2.53 bits per heavy atom. The third kappa shape index (κ3) is 1.69. The summed E-state index contributed by atoms with van der Waals surface area (Å²) in [7, 11) is 0. The average molecular weight is 264 g/mol. The molecule has 0 aromatic rings. The number of carbonyl (C=O) groups is 2. The van der Waals surface area contributed by atoms with Crippen LogP contribution in [0, 0.1) is 29.6 Å². The van der Waals surface area contributed by atoms with E-state index in [0.717, 1.165) is 5.57 Å². The van der Waals surface area contributed by atoms with Gasteiger partial charge in [-0.2, -0.15) is 0 Å². The van der Waals surface area contributed by atoms with Crippen LogP contribution in [-0.2, 0) is 14.3 Å². The number of aliphatic hydroxyl groups excluding tert-OH is 1. The highest BCUT2D eigenvalue weighted by atomic mass is 16.6. The fourth-order valence-electron chi connectivity index (χ4n) is 4.24. The van der Waals surface area contributed by atoms with E-state index in [2.05, 4.69) is 6.58 Å². The van der Waals surface area contributed by atoms with Gasteiger partial charge in [0.15, 0.2) is 0 Å². The van der Waals surface area contributed by atoms with Crippen molar-refractivity contribution in [3.63, 3.8) is 0 Å². The molecule has 1 heterocycles. The van der Waals surface area contributed by atoms with Crippen LogP contribution >= 0.6 is 0 Å². The standard InChI is InChI=1S/C15H20O4/c1-6-4-11(17)13-8(3)15(18)19-14(13)12-7(2)10(16)5-9(6)12/h7-9,11-14,17H,1,4-5H2,2-3H3/t7-,8-,9+,11+,12-,13-,14-/m1/s1. The molecule has 0 unspecified atom stereocenters. The second kappa shape index (κ2) is 4.17. The molecule has 4 nitrogen and oxygen atoms in total. The van der Waals surface area contributed by atoms with E-state index >= 15 is 0 Å². The molecule has 1 aliphatic heterocycles. The SMILES string of the molecule is C=C1C[C@H](O)[C@@H]2[C@H](OC(=O)[C@@H]2C)[C@@H]2[C@H](C)C(=O)C[C@@H]12. The smallest absolute Gasteiger partial charge is 0.309 e. The molecule has 3 aliphatic rings. The second-order valence-electron chi connectivity index (χ2n) is 6.34. The van der Waals surface area contributed by atoms with Crippen molar-refractivity contribution in [1.29, 1.82) is 0 Å². The Balaban J connectivity index is 2.03. The summed E-state index contributed by atoms with van der Waals surface area (Å²) >= 11 is 0. The van der Waals surface area contributed by atoms with Gasteiger partial charge in [-0.25, -0.2) is 0 Å². The fourth-order valence-corrected chi connectivity index (χ4v) is 4.24. The Bertz CT molecular complexity index is 455. The molecule has 2 aliphatic carbocycles. The van der Waals surface area contributed by atoms with Crippen molar-refractivity contribution in [2.24, 2.45) is 29.6 Å². The maximum Gasteiger partial charge on any atom is 0.309 e. The Labute approximate surface area is 112 Å². The summed E-state index contributed by atoms with van der Waals surface area (Å²) in [5, 5.41) is 10.3. The highest BCUT2D eigenvalue weighted by molar-refractivity contribution is 5.84. The van der Waals surface area contributed by atoms with Crippen LogP contribution < -0.4 is 0 Å². The molecule has 0 aromatic heterocycles. The predicted octanol–water partition coefficient (Wildman–Crippen LogP) is 1.33. The third-order valence-electron chi connectivity index (χ3n) is 5.37. The van der Waals surface area contributed by atoms with Crippen LogP contribution in [0.2, 0.25) is 0 Å². The number of ether oxygens (including phenoxy) is 1. The van der Waals surface area contributed by atoms with E-state index in [4.69, 9.17) is 4.74 Å². The first kappa shape index (κ1) is 12.9. The number of aliphatic hydroxyl groups is 1. The summed E-state index contributed by atoms with van der Waals surface area (Å²) in [6.45, 7) is 7.77. The maximum absolute atomic E-state index is 12.0. The summed E-state index contributed by atoms with van der Waals surface area (Å²) in [5.41, 5.74) is 0.938. The summed E-state index contributed by atoms with van der Waals surface area (Å²) in [4.78, 5) is 23.8. The molecule has 1 saturated heterocycles. The Kier molecular flexibility index (Phi) is 2.82.